The number of rotatable bonds is 6. The van der Waals surface area contributed by atoms with Gasteiger partial charge < -0.3 is 4.74 Å². The van der Waals surface area contributed by atoms with Crippen molar-refractivity contribution in [3.8, 4) is 5.75 Å². The van der Waals surface area contributed by atoms with Crippen molar-refractivity contribution in [1.29, 1.82) is 0 Å². The van der Waals surface area contributed by atoms with Crippen LogP contribution in [0.4, 0.5) is 14.5 Å². The van der Waals surface area contributed by atoms with E-state index in [1.165, 1.54) is 24.3 Å². The maximum absolute atomic E-state index is 12.6. The highest BCUT2D eigenvalue weighted by atomic mass is 32.2. The highest BCUT2D eigenvalue weighted by molar-refractivity contribution is 7.92. The van der Waals surface area contributed by atoms with Gasteiger partial charge in [0.1, 0.15) is 11.5 Å². The van der Waals surface area contributed by atoms with Gasteiger partial charge in [0.15, 0.2) is 0 Å². The van der Waals surface area contributed by atoms with E-state index in [4.69, 9.17) is 0 Å². The summed E-state index contributed by atoms with van der Waals surface area (Å²) in [5.74, 6) is -0.0412. The van der Waals surface area contributed by atoms with Gasteiger partial charge >= 0.3 is 6.61 Å². The lowest BCUT2D eigenvalue weighted by Crippen LogP contribution is -2.43. The monoisotopic (exact) mass is 373 g/mol. The predicted octanol–water partition coefficient (Wildman–Crippen LogP) is 3.43. The lowest BCUT2D eigenvalue weighted by Gasteiger charge is -2.36. The van der Waals surface area contributed by atoms with Crippen LogP contribution in [-0.4, -0.2) is 26.6 Å². The van der Waals surface area contributed by atoms with Crippen molar-refractivity contribution in [3.05, 3.63) is 24.3 Å². The van der Waals surface area contributed by atoms with Gasteiger partial charge in [0.2, 0.25) is 10.0 Å². The first-order valence-electron chi connectivity index (χ1n) is 8.14. The van der Waals surface area contributed by atoms with E-state index in [2.05, 4.69) is 9.46 Å². The van der Waals surface area contributed by atoms with E-state index >= 15 is 0 Å². The summed E-state index contributed by atoms with van der Waals surface area (Å²) in [7, 11) is -3.76. The molecule has 138 valence electrons. The normalized spacial score (nSPS) is 27.7. The molecule has 0 unspecified atom stereocenters. The molecule has 1 aromatic rings. The maximum Gasteiger partial charge on any atom is 0.387 e. The molecule has 1 N–H and O–H groups in total. The molecule has 2 aliphatic carbocycles. The maximum atomic E-state index is 12.6. The second-order valence-corrected chi connectivity index (χ2v) is 9.15. The summed E-state index contributed by atoms with van der Waals surface area (Å²) in [6.07, 6.45) is 1.90. The Morgan fingerprint density at radius 3 is 2.40 bits per heavy atom. The van der Waals surface area contributed by atoms with Gasteiger partial charge in [-0.1, -0.05) is 13.8 Å². The van der Waals surface area contributed by atoms with Crippen molar-refractivity contribution >= 4 is 21.5 Å². The minimum absolute atomic E-state index is 0.0276. The molecular weight excluding hydrogens is 352 g/mol. The molecule has 2 aliphatic rings. The molecule has 3 rings (SSSR count). The Hall–Kier alpha value is -1.70. The van der Waals surface area contributed by atoms with E-state index in [9.17, 15) is 22.0 Å². The number of alkyl halides is 2. The van der Waals surface area contributed by atoms with Crippen LogP contribution < -0.4 is 9.46 Å². The third kappa shape index (κ3) is 3.12. The quantitative estimate of drug-likeness (QED) is 0.829. The predicted molar refractivity (Wildman–Crippen MR) is 89.0 cm³/mol. The van der Waals surface area contributed by atoms with Gasteiger partial charge in [0, 0.05) is 12.1 Å². The molecule has 0 spiro atoms. The summed E-state index contributed by atoms with van der Waals surface area (Å²) < 4.78 is 56.2. The third-order valence-electron chi connectivity index (χ3n) is 5.93. The number of carbonyl (C=O) groups excluding carboxylic acids is 1. The molecule has 2 atom stereocenters. The minimum Gasteiger partial charge on any atom is -0.435 e. The second-order valence-electron chi connectivity index (χ2n) is 7.43. The van der Waals surface area contributed by atoms with Gasteiger partial charge in [-0.25, -0.2) is 8.42 Å². The van der Waals surface area contributed by atoms with Crippen molar-refractivity contribution in [2.24, 2.45) is 16.7 Å². The van der Waals surface area contributed by atoms with E-state index in [0.717, 1.165) is 6.42 Å². The summed E-state index contributed by atoms with van der Waals surface area (Å²) in [5.41, 5.74) is -0.938. The van der Waals surface area contributed by atoms with Crippen LogP contribution in [0.25, 0.3) is 0 Å². The first-order chi connectivity index (χ1) is 11.6. The number of anilines is 1. The Bertz CT molecular complexity index is 776. The first-order valence-corrected chi connectivity index (χ1v) is 9.80. The topological polar surface area (TPSA) is 72.5 Å². The number of hydrogen-bond acceptors (Lipinski definition) is 4. The van der Waals surface area contributed by atoms with Crippen LogP contribution in [0.1, 0.15) is 33.1 Å². The molecule has 2 fully saturated rings. The van der Waals surface area contributed by atoms with Gasteiger partial charge in [-0.2, -0.15) is 8.78 Å². The Kier molecular flexibility index (Phi) is 4.29. The lowest BCUT2D eigenvalue weighted by molar-refractivity contribution is -0.128. The highest BCUT2D eigenvalue weighted by Crippen LogP contribution is 2.64. The van der Waals surface area contributed by atoms with Gasteiger partial charge in [-0.05, 0) is 48.4 Å². The van der Waals surface area contributed by atoms with Crippen molar-refractivity contribution in [2.75, 3.05) is 10.5 Å². The zero-order chi connectivity index (χ0) is 18.5. The zero-order valence-electron chi connectivity index (χ0n) is 14.1. The van der Waals surface area contributed by atoms with Crippen LogP contribution in [0.2, 0.25) is 0 Å². The van der Waals surface area contributed by atoms with Gasteiger partial charge in [0.05, 0.1) is 11.2 Å². The van der Waals surface area contributed by atoms with Crippen LogP contribution in [0.3, 0.4) is 0 Å². The fourth-order valence-electron chi connectivity index (χ4n) is 4.35. The Morgan fingerprint density at radius 2 is 1.92 bits per heavy atom. The smallest absolute Gasteiger partial charge is 0.387 e. The zero-order valence-corrected chi connectivity index (χ0v) is 14.9. The molecule has 0 aliphatic heterocycles. The fraction of sp³-hybridized carbons (Fsp3) is 0.588. The fourth-order valence-corrected chi connectivity index (χ4v) is 6.25. The summed E-state index contributed by atoms with van der Waals surface area (Å²) in [5, 5.41) is 0. The second kappa shape index (κ2) is 5.93. The van der Waals surface area contributed by atoms with E-state index in [0.29, 0.717) is 12.8 Å². The number of hydrogen-bond donors (Lipinski definition) is 1. The lowest BCUT2D eigenvalue weighted by atomic mass is 9.70. The van der Waals surface area contributed by atoms with Crippen LogP contribution in [0, 0.1) is 16.7 Å². The number of benzene rings is 1. The van der Waals surface area contributed by atoms with Crippen molar-refractivity contribution in [1.82, 2.24) is 0 Å². The SMILES string of the molecule is CC1(C)[C@@H]2CC[C@]1(CS(=O)(=O)Nc1ccc(OC(F)F)cc1)C(=O)C2. The van der Waals surface area contributed by atoms with Gasteiger partial charge in [-0.15, -0.1) is 0 Å². The summed E-state index contributed by atoms with van der Waals surface area (Å²) >= 11 is 0. The van der Waals surface area contributed by atoms with Gasteiger partial charge in [-0.3, -0.25) is 9.52 Å². The number of sulfonamides is 1. The molecule has 25 heavy (non-hydrogen) atoms. The average Bonchev–Trinajstić information content (AvgIpc) is 2.82. The van der Waals surface area contributed by atoms with Crippen LogP contribution in [-0.2, 0) is 14.8 Å². The molecule has 0 amide bonds. The molecular formula is C17H21F2NO4S. The summed E-state index contributed by atoms with van der Waals surface area (Å²) in [6.45, 7) is 1.01. The number of nitrogens with one attached hydrogen (secondary N) is 1. The Labute approximate surface area is 145 Å². The first kappa shape index (κ1) is 18.1. The molecule has 0 radical (unpaired) electrons. The van der Waals surface area contributed by atoms with E-state index in [1.54, 1.807) is 0 Å². The number of Topliss-reactive ketones (excluding diaryl/α,β-unsaturated/α-hetero) is 1. The van der Waals surface area contributed by atoms with Crippen molar-refractivity contribution in [3.63, 3.8) is 0 Å². The molecule has 2 saturated carbocycles. The largest absolute Gasteiger partial charge is 0.435 e. The Morgan fingerprint density at radius 1 is 1.28 bits per heavy atom. The molecule has 0 saturated heterocycles. The molecule has 1 aromatic carbocycles. The Balaban J connectivity index is 1.76. The van der Waals surface area contributed by atoms with E-state index < -0.39 is 22.0 Å². The number of carbonyl (C=O) groups is 1. The number of halogens is 2. The molecule has 5 nitrogen and oxygen atoms in total. The molecule has 2 bridgehead atoms. The number of ketones is 1. The summed E-state index contributed by atoms with van der Waals surface area (Å²) in [4.78, 5) is 12.5. The van der Waals surface area contributed by atoms with Crippen LogP contribution in [0.5, 0.6) is 5.75 Å². The third-order valence-corrected chi connectivity index (χ3v) is 7.35. The van der Waals surface area contributed by atoms with Crippen LogP contribution >= 0.6 is 0 Å². The molecule has 8 heteroatoms. The van der Waals surface area contributed by atoms with E-state index in [1.807, 2.05) is 13.8 Å². The van der Waals surface area contributed by atoms with Crippen LogP contribution in [0.15, 0.2) is 24.3 Å². The minimum atomic E-state index is -3.76. The van der Waals surface area contributed by atoms with E-state index in [-0.39, 0.29) is 34.3 Å². The molecule has 0 aromatic heterocycles. The standard InChI is InChI=1S/C17H21F2NO4S/c1-16(2)11-7-8-17(16,14(21)9-11)10-25(22,23)20-12-3-5-13(6-4-12)24-15(18)19/h3-6,11,15,20H,7-10H2,1-2H3/t11-,17+/m1/s1. The average molecular weight is 373 g/mol. The highest BCUT2D eigenvalue weighted by Gasteiger charge is 2.65. The van der Waals surface area contributed by atoms with Gasteiger partial charge in [0.25, 0.3) is 0 Å². The summed E-state index contributed by atoms with van der Waals surface area (Å²) in [6, 6.07) is 5.23. The number of fused-ring (bicyclic) bond motifs is 2. The number of ether oxygens (including phenoxy) is 1. The molecule has 0 heterocycles. The van der Waals surface area contributed by atoms with Crippen molar-refractivity contribution in [2.45, 2.75) is 39.7 Å². The van der Waals surface area contributed by atoms with Crippen molar-refractivity contribution < 1.29 is 26.7 Å².